The highest BCUT2D eigenvalue weighted by molar-refractivity contribution is 6.04. The van der Waals surface area contributed by atoms with Crippen molar-refractivity contribution in [1.29, 1.82) is 0 Å². The first-order valence-corrected chi connectivity index (χ1v) is 12.3. The van der Waals surface area contributed by atoms with Crippen LogP contribution in [0, 0.1) is 5.92 Å². The summed E-state index contributed by atoms with van der Waals surface area (Å²) in [6.07, 6.45) is 8.71. The molecule has 2 bridgehead atoms. The Morgan fingerprint density at radius 3 is 2.81 bits per heavy atom. The Hall–Kier alpha value is -3.82. The lowest BCUT2D eigenvalue weighted by Crippen LogP contribution is -2.48. The number of amides is 1. The van der Waals surface area contributed by atoms with Crippen LogP contribution in [0.1, 0.15) is 47.8 Å². The van der Waals surface area contributed by atoms with Gasteiger partial charge in [0.25, 0.3) is 5.91 Å². The zero-order chi connectivity index (χ0) is 24.7. The number of fused-ring (bicyclic) bond motifs is 3. The number of hydrogen-bond donors (Lipinski definition) is 3. The van der Waals surface area contributed by atoms with Crippen LogP contribution in [0.3, 0.4) is 0 Å². The fourth-order valence-electron chi connectivity index (χ4n) is 5.72. The second-order valence-corrected chi connectivity index (χ2v) is 9.68. The highest BCUT2D eigenvalue weighted by Gasteiger charge is 2.46. The first-order chi connectivity index (χ1) is 17.6. The second-order valence-electron chi connectivity index (χ2n) is 9.68. The highest BCUT2D eigenvalue weighted by atomic mass is 16.5. The molecule has 1 saturated carbocycles. The van der Waals surface area contributed by atoms with Gasteiger partial charge in [0.2, 0.25) is 0 Å². The standard InChI is InChI=1S/C27H28N6O3/c28-24-23-22(17-4-6-18(7-5-17)26(35)31-21-3-1-2-11-29-21)32-25(33(23)13-12-30-24)20-8-10-27(16-34)15-19(20)9-14-36-27/h1-7,11-13,19-20,34H,8-10,14-16H2,(H2,28,30)(H,29,31,35). The molecule has 6 rings (SSSR count). The van der Waals surface area contributed by atoms with Gasteiger partial charge in [0.1, 0.15) is 28.7 Å². The SMILES string of the molecule is Nc1nccn2c(C3CCC4(CO)CC3CCO4)nc(-c3ccc(C(=O)Nc4ccccn4)cc3)c12. The van der Waals surface area contributed by atoms with Crippen molar-refractivity contribution in [3.63, 3.8) is 0 Å². The summed E-state index contributed by atoms with van der Waals surface area (Å²) < 4.78 is 8.04. The van der Waals surface area contributed by atoms with Gasteiger partial charge in [-0.15, -0.1) is 0 Å². The third kappa shape index (κ3) is 3.90. The average Bonchev–Trinajstić information content (AvgIpc) is 3.30. The van der Waals surface area contributed by atoms with Crippen LogP contribution in [0.4, 0.5) is 11.6 Å². The van der Waals surface area contributed by atoms with Gasteiger partial charge < -0.3 is 20.9 Å². The molecule has 4 heterocycles. The molecule has 1 aliphatic heterocycles. The topological polar surface area (TPSA) is 128 Å². The van der Waals surface area contributed by atoms with Crippen LogP contribution in [0.15, 0.2) is 61.1 Å². The molecule has 0 radical (unpaired) electrons. The van der Waals surface area contributed by atoms with Crippen molar-refractivity contribution in [3.8, 4) is 11.3 Å². The van der Waals surface area contributed by atoms with E-state index in [1.165, 1.54) is 0 Å². The molecule has 1 amide bonds. The zero-order valence-corrected chi connectivity index (χ0v) is 19.8. The minimum atomic E-state index is -0.415. The normalized spacial score (nSPS) is 23.5. The van der Waals surface area contributed by atoms with Crippen LogP contribution in [-0.4, -0.2) is 49.2 Å². The van der Waals surface area contributed by atoms with Crippen molar-refractivity contribution >= 4 is 23.1 Å². The fourth-order valence-corrected chi connectivity index (χ4v) is 5.72. The third-order valence-corrected chi connectivity index (χ3v) is 7.57. The van der Waals surface area contributed by atoms with Crippen molar-refractivity contribution in [1.82, 2.24) is 19.4 Å². The maximum absolute atomic E-state index is 12.7. The molecule has 2 fully saturated rings. The van der Waals surface area contributed by atoms with E-state index in [1.54, 1.807) is 36.7 Å². The third-order valence-electron chi connectivity index (χ3n) is 7.57. The number of imidazole rings is 1. The molecule has 0 spiro atoms. The van der Waals surface area contributed by atoms with Gasteiger partial charge in [-0.3, -0.25) is 9.20 Å². The largest absolute Gasteiger partial charge is 0.393 e. The lowest BCUT2D eigenvalue weighted by Gasteiger charge is -2.47. The highest BCUT2D eigenvalue weighted by Crippen LogP contribution is 2.48. The van der Waals surface area contributed by atoms with E-state index in [2.05, 4.69) is 19.7 Å². The molecule has 1 saturated heterocycles. The summed E-state index contributed by atoms with van der Waals surface area (Å²) in [7, 11) is 0. The van der Waals surface area contributed by atoms with E-state index < -0.39 is 5.60 Å². The molecule has 1 aromatic carbocycles. The minimum absolute atomic E-state index is 0.0565. The van der Waals surface area contributed by atoms with E-state index >= 15 is 0 Å². The van der Waals surface area contributed by atoms with Gasteiger partial charge in [-0.1, -0.05) is 18.2 Å². The van der Waals surface area contributed by atoms with Crippen LogP contribution < -0.4 is 11.1 Å². The number of ether oxygens (including phenoxy) is 1. The number of carbonyl (C=O) groups is 1. The lowest BCUT2D eigenvalue weighted by atomic mass is 9.68. The maximum atomic E-state index is 12.7. The monoisotopic (exact) mass is 484 g/mol. The lowest BCUT2D eigenvalue weighted by molar-refractivity contribution is -0.150. The van der Waals surface area contributed by atoms with Crippen molar-refractivity contribution in [2.45, 2.75) is 37.2 Å². The minimum Gasteiger partial charge on any atom is -0.393 e. The predicted molar refractivity (Wildman–Crippen MR) is 135 cm³/mol. The van der Waals surface area contributed by atoms with Gasteiger partial charge in [0.05, 0.1) is 12.2 Å². The van der Waals surface area contributed by atoms with Gasteiger partial charge in [-0.25, -0.2) is 15.0 Å². The summed E-state index contributed by atoms with van der Waals surface area (Å²) in [4.78, 5) is 26.2. The zero-order valence-electron chi connectivity index (χ0n) is 19.8. The molecule has 184 valence electrons. The van der Waals surface area contributed by atoms with Crippen molar-refractivity contribution in [3.05, 3.63) is 72.4 Å². The van der Waals surface area contributed by atoms with Crippen molar-refractivity contribution in [2.75, 3.05) is 24.3 Å². The van der Waals surface area contributed by atoms with Crippen LogP contribution in [0.5, 0.6) is 0 Å². The van der Waals surface area contributed by atoms with E-state index in [1.807, 2.05) is 24.4 Å². The molecule has 4 aromatic rings. The summed E-state index contributed by atoms with van der Waals surface area (Å²) in [5.41, 5.74) is 8.83. The Labute approximate surface area is 208 Å². The maximum Gasteiger partial charge on any atom is 0.256 e. The van der Waals surface area contributed by atoms with Gasteiger partial charge in [0, 0.05) is 42.2 Å². The molecule has 3 unspecified atom stereocenters. The number of aromatic nitrogens is 4. The Balaban J connectivity index is 1.34. The number of nitrogens with one attached hydrogen (secondary N) is 1. The van der Waals surface area contributed by atoms with Crippen molar-refractivity contribution in [2.24, 2.45) is 5.92 Å². The summed E-state index contributed by atoms with van der Waals surface area (Å²) in [6.45, 7) is 0.713. The van der Waals surface area contributed by atoms with E-state index in [0.717, 1.165) is 48.3 Å². The number of aliphatic hydroxyl groups is 1. The van der Waals surface area contributed by atoms with E-state index in [9.17, 15) is 9.90 Å². The van der Waals surface area contributed by atoms with Gasteiger partial charge in [-0.2, -0.15) is 0 Å². The number of nitrogens with two attached hydrogens (primary N) is 1. The predicted octanol–water partition coefficient (Wildman–Crippen LogP) is 3.66. The molecule has 9 nitrogen and oxygen atoms in total. The Morgan fingerprint density at radius 2 is 2.03 bits per heavy atom. The molecule has 2 aliphatic rings. The summed E-state index contributed by atoms with van der Waals surface area (Å²) in [6, 6.07) is 12.7. The number of hydrogen-bond acceptors (Lipinski definition) is 7. The van der Waals surface area contributed by atoms with Crippen LogP contribution >= 0.6 is 0 Å². The molecule has 9 heteroatoms. The summed E-state index contributed by atoms with van der Waals surface area (Å²) in [5.74, 6) is 2.26. The number of carbonyl (C=O) groups excluding carboxylic acids is 1. The van der Waals surface area contributed by atoms with E-state index in [0.29, 0.717) is 29.7 Å². The molecule has 3 aromatic heterocycles. The van der Waals surface area contributed by atoms with Crippen LogP contribution in [-0.2, 0) is 4.74 Å². The van der Waals surface area contributed by atoms with Gasteiger partial charge >= 0.3 is 0 Å². The quantitative estimate of drug-likeness (QED) is 0.394. The van der Waals surface area contributed by atoms with Gasteiger partial charge in [-0.05, 0) is 55.9 Å². The Morgan fingerprint density at radius 1 is 1.17 bits per heavy atom. The van der Waals surface area contributed by atoms with Crippen LogP contribution in [0.2, 0.25) is 0 Å². The molecular formula is C27H28N6O3. The number of rotatable bonds is 5. The van der Waals surface area contributed by atoms with E-state index in [4.69, 9.17) is 15.5 Å². The summed E-state index contributed by atoms with van der Waals surface area (Å²) >= 11 is 0. The van der Waals surface area contributed by atoms with E-state index in [-0.39, 0.29) is 18.4 Å². The number of nitrogens with zero attached hydrogens (tertiary/aromatic N) is 4. The second kappa shape index (κ2) is 9.00. The summed E-state index contributed by atoms with van der Waals surface area (Å²) in [5, 5.41) is 12.8. The number of pyridine rings is 1. The average molecular weight is 485 g/mol. The van der Waals surface area contributed by atoms with Crippen LogP contribution in [0.25, 0.3) is 16.8 Å². The molecule has 3 atom stereocenters. The molecule has 4 N–H and O–H groups in total. The molecule has 36 heavy (non-hydrogen) atoms. The Kier molecular flexibility index (Phi) is 5.66. The smallest absolute Gasteiger partial charge is 0.256 e. The molecule has 1 aliphatic carbocycles. The van der Waals surface area contributed by atoms with Gasteiger partial charge in [0.15, 0.2) is 0 Å². The molecular weight excluding hydrogens is 456 g/mol. The number of nitrogen functional groups attached to an aromatic ring is 1. The first kappa shape index (κ1) is 22.6. The number of anilines is 2. The Bertz CT molecular complexity index is 1400. The number of benzene rings is 1. The first-order valence-electron chi connectivity index (χ1n) is 12.3. The fraction of sp³-hybridized carbons (Fsp3) is 0.333. The number of aliphatic hydroxyl groups excluding tert-OH is 1. The van der Waals surface area contributed by atoms with Crippen molar-refractivity contribution < 1.29 is 14.6 Å².